The molecule has 3 aromatic heterocycles. The molecule has 0 amide bonds. The van der Waals surface area contributed by atoms with Crippen LogP contribution >= 0.6 is 11.3 Å². The van der Waals surface area contributed by atoms with E-state index in [4.69, 9.17) is 0 Å². The number of anilines is 2. The minimum Gasteiger partial charge on any atom is -0.370 e. The number of rotatable bonds is 4. The number of pyridine rings is 1. The van der Waals surface area contributed by atoms with E-state index in [-0.39, 0.29) is 0 Å². The first-order valence-electron chi connectivity index (χ1n) is 7.90. The lowest BCUT2D eigenvalue weighted by molar-refractivity contribution is 0.621. The standard InChI is InChI=1S/C17H19N5S/c1-12-3-2-4-15(21-12)18-9-13-5-7-22(10-13)16-14-6-8-23-17(14)20-11-19-16/h2-4,6,8,11,13H,5,7,9-10H2,1H3,(H,18,21)/t13-/m0/s1. The van der Waals surface area contributed by atoms with Crippen LogP contribution in [-0.2, 0) is 0 Å². The average molecular weight is 325 g/mol. The van der Waals surface area contributed by atoms with Crippen LogP contribution in [0.15, 0.2) is 36.0 Å². The van der Waals surface area contributed by atoms with E-state index in [1.54, 1.807) is 17.7 Å². The van der Waals surface area contributed by atoms with Crippen molar-refractivity contribution >= 4 is 33.2 Å². The van der Waals surface area contributed by atoms with Gasteiger partial charge in [0.25, 0.3) is 0 Å². The molecule has 0 aliphatic carbocycles. The largest absolute Gasteiger partial charge is 0.370 e. The predicted molar refractivity (Wildman–Crippen MR) is 95.2 cm³/mol. The van der Waals surface area contributed by atoms with E-state index < -0.39 is 0 Å². The molecule has 0 spiro atoms. The summed E-state index contributed by atoms with van der Waals surface area (Å²) < 4.78 is 0. The first-order chi connectivity index (χ1) is 11.3. The zero-order chi connectivity index (χ0) is 15.6. The van der Waals surface area contributed by atoms with Gasteiger partial charge in [0.15, 0.2) is 0 Å². The minimum atomic E-state index is 0.612. The Kier molecular flexibility index (Phi) is 3.83. The van der Waals surface area contributed by atoms with Crippen LogP contribution in [0.4, 0.5) is 11.6 Å². The molecular formula is C17H19N5S. The molecule has 6 heteroatoms. The van der Waals surface area contributed by atoms with Gasteiger partial charge >= 0.3 is 0 Å². The molecule has 1 N–H and O–H groups in total. The van der Waals surface area contributed by atoms with Gasteiger partial charge < -0.3 is 10.2 Å². The summed E-state index contributed by atoms with van der Waals surface area (Å²) in [5.41, 5.74) is 1.05. The van der Waals surface area contributed by atoms with E-state index in [1.165, 1.54) is 11.8 Å². The van der Waals surface area contributed by atoms with Crippen molar-refractivity contribution in [3.05, 3.63) is 41.7 Å². The van der Waals surface area contributed by atoms with Gasteiger partial charge in [0.05, 0.1) is 5.39 Å². The molecule has 0 aromatic carbocycles. The van der Waals surface area contributed by atoms with Gasteiger partial charge in [0.1, 0.15) is 22.8 Å². The van der Waals surface area contributed by atoms with E-state index >= 15 is 0 Å². The Labute approximate surface area is 139 Å². The van der Waals surface area contributed by atoms with Crippen LogP contribution in [0.2, 0.25) is 0 Å². The number of aromatic nitrogens is 3. The summed E-state index contributed by atoms with van der Waals surface area (Å²) in [6.07, 6.45) is 2.85. The molecule has 0 radical (unpaired) electrons. The minimum absolute atomic E-state index is 0.612. The molecule has 1 saturated heterocycles. The number of fused-ring (bicyclic) bond motifs is 1. The van der Waals surface area contributed by atoms with Crippen LogP contribution in [-0.4, -0.2) is 34.6 Å². The summed E-state index contributed by atoms with van der Waals surface area (Å²) in [6.45, 7) is 5.05. The highest BCUT2D eigenvalue weighted by molar-refractivity contribution is 7.16. The van der Waals surface area contributed by atoms with Crippen molar-refractivity contribution < 1.29 is 0 Å². The maximum atomic E-state index is 4.51. The third-order valence-electron chi connectivity index (χ3n) is 4.29. The van der Waals surface area contributed by atoms with Gasteiger partial charge in [-0.2, -0.15) is 0 Å². The highest BCUT2D eigenvalue weighted by Gasteiger charge is 2.25. The molecule has 0 unspecified atom stereocenters. The van der Waals surface area contributed by atoms with Crippen LogP contribution in [0.1, 0.15) is 12.1 Å². The Morgan fingerprint density at radius 2 is 2.26 bits per heavy atom. The first-order valence-corrected chi connectivity index (χ1v) is 8.78. The summed E-state index contributed by atoms with van der Waals surface area (Å²) in [6, 6.07) is 8.21. The van der Waals surface area contributed by atoms with Crippen LogP contribution < -0.4 is 10.2 Å². The maximum absolute atomic E-state index is 4.51. The van der Waals surface area contributed by atoms with E-state index in [2.05, 4.69) is 36.6 Å². The smallest absolute Gasteiger partial charge is 0.140 e. The zero-order valence-electron chi connectivity index (χ0n) is 13.1. The lowest BCUT2D eigenvalue weighted by atomic mass is 10.1. The normalized spacial score (nSPS) is 17.8. The predicted octanol–water partition coefficient (Wildman–Crippen LogP) is 3.33. The van der Waals surface area contributed by atoms with Gasteiger partial charge in [-0.15, -0.1) is 11.3 Å². The van der Waals surface area contributed by atoms with Crippen molar-refractivity contribution in [3.63, 3.8) is 0 Å². The van der Waals surface area contributed by atoms with Gasteiger partial charge in [-0.3, -0.25) is 0 Å². The summed E-state index contributed by atoms with van der Waals surface area (Å²) in [5.74, 6) is 2.65. The van der Waals surface area contributed by atoms with Gasteiger partial charge in [-0.1, -0.05) is 6.07 Å². The van der Waals surface area contributed by atoms with Crippen LogP contribution in [0.3, 0.4) is 0 Å². The fourth-order valence-corrected chi connectivity index (χ4v) is 3.84. The number of hydrogen-bond acceptors (Lipinski definition) is 6. The summed E-state index contributed by atoms with van der Waals surface area (Å²) in [7, 11) is 0. The third-order valence-corrected chi connectivity index (χ3v) is 5.11. The molecule has 118 valence electrons. The lowest BCUT2D eigenvalue weighted by Crippen LogP contribution is -2.23. The van der Waals surface area contributed by atoms with E-state index in [1.807, 2.05) is 25.1 Å². The van der Waals surface area contributed by atoms with Crippen molar-refractivity contribution in [1.29, 1.82) is 0 Å². The number of nitrogens with zero attached hydrogens (tertiary/aromatic N) is 4. The molecule has 5 nitrogen and oxygen atoms in total. The van der Waals surface area contributed by atoms with Crippen LogP contribution in [0.25, 0.3) is 10.2 Å². The third kappa shape index (κ3) is 2.99. The Bertz CT molecular complexity index is 815. The molecule has 1 aliphatic rings. The monoisotopic (exact) mass is 325 g/mol. The first kappa shape index (κ1) is 14.4. The molecule has 4 heterocycles. The number of hydrogen-bond donors (Lipinski definition) is 1. The van der Waals surface area contributed by atoms with Crippen molar-refractivity contribution in [2.45, 2.75) is 13.3 Å². The quantitative estimate of drug-likeness (QED) is 0.797. The number of thiophene rings is 1. The SMILES string of the molecule is Cc1cccc(NC[C@@H]2CCN(c3ncnc4sccc34)C2)n1. The fourth-order valence-electron chi connectivity index (χ4n) is 3.11. The summed E-state index contributed by atoms with van der Waals surface area (Å²) >= 11 is 1.67. The Balaban J connectivity index is 1.42. The molecule has 0 bridgehead atoms. The van der Waals surface area contributed by atoms with Gasteiger partial charge in [-0.05, 0) is 42.8 Å². The summed E-state index contributed by atoms with van der Waals surface area (Å²) in [4.78, 5) is 16.8. The van der Waals surface area contributed by atoms with Crippen molar-refractivity contribution in [2.75, 3.05) is 29.9 Å². The topological polar surface area (TPSA) is 53.9 Å². The second kappa shape index (κ2) is 6.12. The Hall–Kier alpha value is -2.21. The number of nitrogens with one attached hydrogen (secondary N) is 1. The van der Waals surface area contributed by atoms with Crippen LogP contribution in [0.5, 0.6) is 0 Å². The molecule has 3 aromatic rings. The van der Waals surface area contributed by atoms with E-state index in [9.17, 15) is 0 Å². The number of aryl methyl sites for hydroxylation is 1. The molecule has 1 fully saturated rings. The van der Waals surface area contributed by atoms with E-state index in [0.29, 0.717) is 5.92 Å². The second-order valence-electron chi connectivity index (χ2n) is 5.98. The van der Waals surface area contributed by atoms with E-state index in [0.717, 1.165) is 41.8 Å². The van der Waals surface area contributed by atoms with Crippen molar-refractivity contribution in [1.82, 2.24) is 15.0 Å². The zero-order valence-corrected chi connectivity index (χ0v) is 13.9. The second-order valence-corrected chi connectivity index (χ2v) is 6.88. The average Bonchev–Trinajstić information content (AvgIpc) is 3.22. The molecular weight excluding hydrogens is 306 g/mol. The Morgan fingerprint density at radius 1 is 1.30 bits per heavy atom. The van der Waals surface area contributed by atoms with Crippen LogP contribution in [0, 0.1) is 12.8 Å². The van der Waals surface area contributed by atoms with Crippen molar-refractivity contribution in [3.8, 4) is 0 Å². The van der Waals surface area contributed by atoms with Crippen molar-refractivity contribution in [2.24, 2.45) is 5.92 Å². The Morgan fingerprint density at radius 3 is 3.17 bits per heavy atom. The highest BCUT2D eigenvalue weighted by Crippen LogP contribution is 2.30. The molecule has 23 heavy (non-hydrogen) atoms. The van der Waals surface area contributed by atoms with Gasteiger partial charge in [-0.25, -0.2) is 15.0 Å². The maximum Gasteiger partial charge on any atom is 0.140 e. The molecule has 1 atom stereocenters. The molecule has 0 saturated carbocycles. The molecule has 4 rings (SSSR count). The van der Waals surface area contributed by atoms with Gasteiger partial charge in [0.2, 0.25) is 0 Å². The highest BCUT2D eigenvalue weighted by atomic mass is 32.1. The summed E-state index contributed by atoms with van der Waals surface area (Å²) in [5, 5.41) is 6.72. The van der Waals surface area contributed by atoms with Gasteiger partial charge in [0, 0.05) is 25.3 Å². The lowest BCUT2D eigenvalue weighted by Gasteiger charge is -2.18. The molecule has 1 aliphatic heterocycles. The fraction of sp³-hybridized carbons (Fsp3) is 0.353.